The molecule has 1 atom stereocenters. The van der Waals surface area contributed by atoms with Crippen LogP contribution >= 0.6 is 63.1 Å². The van der Waals surface area contributed by atoms with Crippen LogP contribution in [0.25, 0.3) is 11.3 Å². The molecule has 1 amide bonds. The third-order valence-corrected chi connectivity index (χ3v) is 11.0. The van der Waals surface area contributed by atoms with Crippen molar-refractivity contribution in [1.82, 2.24) is 19.7 Å². The van der Waals surface area contributed by atoms with E-state index < -0.39 is 34.9 Å². The van der Waals surface area contributed by atoms with E-state index in [0.717, 1.165) is 0 Å². The van der Waals surface area contributed by atoms with Crippen molar-refractivity contribution < 1.29 is 17.9 Å². The summed E-state index contributed by atoms with van der Waals surface area (Å²) in [4.78, 5) is 28.2. The molecule has 0 bridgehead atoms. The van der Waals surface area contributed by atoms with Gasteiger partial charge in [0.2, 0.25) is 5.88 Å². The van der Waals surface area contributed by atoms with Crippen LogP contribution in [0.2, 0.25) is 0 Å². The van der Waals surface area contributed by atoms with Crippen LogP contribution in [0, 0.1) is 5.92 Å². The molecule has 16 heteroatoms. The lowest BCUT2D eigenvalue weighted by Crippen LogP contribution is -2.51. The molecule has 1 aliphatic rings. The summed E-state index contributed by atoms with van der Waals surface area (Å²) in [5, 5.41) is 0. The predicted molar refractivity (Wildman–Crippen MR) is 182 cm³/mol. The molecular formula is C26H32N6O4S6. The topological polar surface area (TPSA) is 140 Å². The zero-order chi connectivity index (χ0) is 31.3. The highest BCUT2D eigenvalue weighted by Gasteiger charge is 2.60. The van der Waals surface area contributed by atoms with E-state index >= 15 is 0 Å². The Morgan fingerprint density at radius 1 is 1.14 bits per heavy atom. The molecule has 1 unspecified atom stereocenters. The van der Waals surface area contributed by atoms with E-state index in [1.165, 1.54) is 24.4 Å². The van der Waals surface area contributed by atoms with E-state index in [2.05, 4.69) is 52.6 Å². The minimum absolute atomic E-state index is 0.00760. The molecule has 3 aromatic heterocycles. The number of carbonyl (C=O) groups is 1. The van der Waals surface area contributed by atoms with E-state index in [1.807, 2.05) is 32.6 Å². The molecule has 10 nitrogen and oxygen atoms in total. The molecule has 42 heavy (non-hydrogen) atoms. The zero-order valence-electron chi connectivity index (χ0n) is 23.1. The number of hydrogen-bond donors (Lipinski definition) is 7. The summed E-state index contributed by atoms with van der Waals surface area (Å²) in [5.74, 6) is -0.939. The number of carbonyl (C=O) groups excluding carboxylic acids is 1. The summed E-state index contributed by atoms with van der Waals surface area (Å²) in [6, 6.07) is 9.31. The summed E-state index contributed by atoms with van der Waals surface area (Å²) < 4.78 is 31.9. The van der Waals surface area contributed by atoms with Crippen molar-refractivity contribution in [1.29, 1.82) is 0 Å². The van der Waals surface area contributed by atoms with Crippen molar-refractivity contribution in [3.05, 3.63) is 54.4 Å². The molecule has 4 rings (SSSR count). The highest BCUT2D eigenvalue weighted by molar-refractivity contribution is 8.17. The van der Waals surface area contributed by atoms with Gasteiger partial charge in [0.1, 0.15) is 19.9 Å². The van der Waals surface area contributed by atoms with Gasteiger partial charge in [0, 0.05) is 36.5 Å². The van der Waals surface area contributed by atoms with E-state index in [4.69, 9.17) is 40.7 Å². The summed E-state index contributed by atoms with van der Waals surface area (Å²) in [6.07, 6.45) is 2.92. The van der Waals surface area contributed by atoms with Crippen molar-refractivity contribution in [3.63, 3.8) is 0 Å². The zero-order valence-corrected chi connectivity index (χ0v) is 28.4. The van der Waals surface area contributed by atoms with Gasteiger partial charge in [0.25, 0.3) is 15.9 Å². The number of pyridine rings is 3. The van der Waals surface area contributed by atoms with Crippen LogP contribution in [0.3, 0.4) is 0 Å². The maximum Gasteiger partial charge on any atom is 0.268 e. The smallest absolute Gasteiger partial charge is 0.268 e. The summed E-state index contributed by atoms with van der Waals surface area (Å²) >= 11 is 23.5. The Balaban J connectivity index is 1.83. The van der Waals surface area contributed by atoms with Gasteiger partial charge in [-0.2, -0.15) is 63.1 Å². The Hall–Kier alpha value is -1.98. The van der Waals surface area contributed by atoms with Crippen LogP contribution in [0.1, 0.15) is 38.1 Å². The van der Waals surface area contributed by atoms with E-state index in [0.29, 0.717) is 17.1 Å². The molecule has 0 radical (unpaired) electrons. The Bertz CT molecular complexity index is 1590. The Morgan fingerprint density at radius 2 is 1.83 bits per heavy atom. The van der Waals surface area contributed by atoms with Gasteiger partial charge in [-0.3, -0.25) is 4.79 Å². The van der Waals surface area contributed by atoms with E-state index in [1.54, 1.807) is 24.4 Å². The number of anilines is 2. The summed E-state index contributed by atoms with van der Waals surface area (Å²) in [5.41, 5.74) is 6.05. The van der Waals surface area contributed by atoms with Crippen LogP contribution in [-0.2, 0) is 10.0 Å². The fraction of sp³-hybridized carbons (Fsp3) is 0.385. The Kier molecular flexibility index (Phi) is 9.28. The van der Waals surface area contributed by atoms with Crippen LogP contribution in [0.15, 0.2) is 53.7 Å². The van der Waals surface area contributed by atoms with Gasteiger partial charge in [-0.15, -0.1) is 0 Å². The van der Waals surface area contributed by atoms with Gasteiger partial charge in [-0.1, -0.05) is 0 Å². The lowest BCUT2D eigenvalue weighted by Gasteiger charge is -2.42. The molecule has 1 saturated heterocycles. The van der Waals surface area contributed by atoms with Crippen molar-refractivity contribution in [3.8, 4) is 17.1 Å². The van der Waals surface area contributed by atoms with Crippen LogP contribution < -0.4 is 20.1 Å². The number of nitrogens with two attached hydrogens (primary N) is 1. The Morgan fingerprint density at radius 3 is 2.38 bits per heavy atom. The minimum Gasteiger partial charge on any atom is -0.475 e. The number of nitrogens with one attached hydrogen (secondary N) is 1. The first kappa shape index (κ1) is 32.9. The third kappa shape index (κ3) is 6.43. The standard InChI is InChI=1S/C26H32N6O4S6/c1-14(2)36-20-10-7-15(12-29-20)17-9-8-16(23(33)31-42(34,35)18-6-5-11-28-21(18)27)22(30-17)32-13-19(26(39,40)41)25(37,38)24(32,3)4/h5-12,14,19,37-41H,13H2,1-4H3,(H2,27,28)(H,31,33). The fourth-order valence-electron chi connectivity index (χ4n) is 4.60. The lowest BCUT2D eigenvalue weighted by atomic mass is 9.95. The second-order valence-electron chi connectivity index (χ2n) is 10.6. The number of nitrogens with zero attached hydrogens (tertiary/aromatic N) is 4. The predicted octanol–water partition coefficient (Wildman–Crippen LogP) is 4.24. The van der Waals surface area contributed by atoms with Gasteiger partial charge in [0.05, 0.1) is 27.0 Å². The number of sulfonamides is 1. The van der Waals surface area contributed by atoms with Gasteiger partial charge >= 0.3 is 0 Å². The van der Waals surface area contributed by atoms with Crippen molar-refractivity contribution in [2.45, 2.75) is 51.7 Å². The molecular weight excluding hydrogens is 653 g/mol. The fourth-order valence-corrected chi connectivity index (χ4v) is 7.88. The monoisotopic (exact) mass is 684 g/mol. The SMILES string of the molecule is CC(C)Oc1ccc(-c2ccc(C(=O)NS(=O)(=O)c3cccnc3N)c(N3CC(C(S)(S)S)C(S)(S)C3(C)C)n2)cn1. The average Bonchev–Trinajstić information content (AvgIpc) is 3.07. The largest absolute Gasteiger partial charge is 0.475 e. The minimum atomic E-state index is -4.37. The quantitative estimate of drug-likeness (QED) is 0.137. The maximum absolute atomic E-state index is 13.6. The number of ether oxygens (including phenoxy) is 1. The summed E-state index contributed by atoms with van der Waals surface area (Å²) in [7, 11) is -4.37. The van der Waals surface area contributed by atoms with Crippen molar-refractivity contribution >= 4 is 90.7 Å². The average molecular weight is 685 g/mol. The summed E-state index contributed by atoms with van der Waals surface area (Å²) in [6.45, 7) is 7.82. The molecule has 0 spiro atoms. The second kappa shape index (κ2) is 11.8. The first-order valence-corrected chi connectivity index (χ1v) is 16.4. The molecule has 0 saturated carbocycles. The molecule has 0 aromatic carbocycles. The number of amides is 1. The van der Waals surface area contributed by atoms with Gasteiger partial charge in [-0.25, -0.2) is 28.1 Å². The highest BCUT2D eigenvalue weighted by Crippen LogP contribution is 2.57. The highest BCUT2D eigenvalue weighted by atomic mass is 32.2. The molecule has 0 aliphatic carbocycles. The number of aromatic nitrogens is 3. The normalized spacial score (nSPS) is 18.2. The number of thiol groups is 5. The van der Waals surface area contributed by atoms with Crippen molar-refractivity contribution in [2.75, 3.05) is 17.2 Å². The Labute approximate surface area is 273 Å². The molecule has 3 N–H and O–H groups in total. The van der Waals surface area contributed by atoms with Gasteiger partial charge < -0.3 is 15.4 Å². The second-order valence-corrected chi connectivity index (χ2v) is 17.2. The van der Waals surface area contributed by atoms with Gasteiger partial charge in [0.15, 0.2) is 0 Å². The lowest BCUT2D eigenvalue weighted by molar-refractivity contribution is 0.0981. The third-order valence-electron chi connectivity index (χ3n) is 6.97. The van der Waals surface area contributed by atoms with Crippen molar-refractivity contribution in [2.24, 2.45) is 5.92 Å². The first-order chi connectivity index (χ1) is 19.4. The number of nitrogen functional groups attached to an aromatic ring is 1. The maximum atomic E-state index is 13.6. The van der Waals surface area contributed by atoms with Crippen LogP contribution in [-0.4, -0.2) is 55.0 Å². The molecule has 226 valence electrons. The first-order valence-electron chi connectivity index (χ1n) is 12.7. The molecule has 3 aromatic rings. The number of rotatable bonds is 8. The van der Waals surface area contributed by atoms with Crippen LogP contribution in [0.5, 0.6) is 5.88 Å². The molecule has 4 heterocycles. The van der Waals surface area contributed by atoms with E-state index in [-0.39, 0.29) is 34.7 Å². The van der Waals surface area contributed by atoms with E-state index in [9.17, 15) is 13.2 Å². The molecule has 1 aliphatic heterocycles. The van der Waals surface area contributed by atoms with Gasteiger partial charge in [-0.05, 0) is 58.0 Å². The van der Waals surface area contributed by atoms with Crippen LogP contribution in [0.4, 0.5) is 11.6 Å². The molecule has 1 fully saturated rings. The number of hydrogen-bond acceptors (Lipinski definition) is 14.